The molecule has 0 bridgehead atoms. The second kappa shape index (κ2) is 6.24. The van der Waals surface area contributed by atoms with Gasteiger partial charge in [0.25, 0.3) is 0 Å². The molecule has 20 heavy (non-hydrogen) atoms. The van der Waals surface area contributed by atoms with Crippen molar-refractivity contribution in [3.05, 3.63) is 64.7 Å². The number of carbonyl (C=O) groups is 1. The second-order valence-corrected chi connectivity index (χ2v) is 4.85. The summed E-state index contributed by atoms with van der Waals surface area (Å²) in [5.41, 5.74) is 5.35. The molecule has 0 aliphatic heterocycles. The molecule has 2 aromatic carbocycles. The Morgan fingerprint density at radius 2 is 1.80 bits per heavy atom. The molecule has 0 spiro atoms. The molecule has 0 amide bonds. The van der Waals surface area contributed by atoms with Crippen LogP contribution in [0.5, 0.6) is 0 Å². The van der Waals surface area contributed by atoms with Gasteiger partial charge in [-0.25, -0.2) is 4.79 Å². The number of hydrogen-bond donors (Lipinski definition) is 1. The Labute approximate surface area is 119 Å². The van der Waals surface area contributed by atoms with Crippen LogP contribution in [0.4, 0.5) is 5.69 Å². The first-order chi connectivity index (χ1) is 9.60. The number of carbonyl (C=O) groups excluding carboxylic acids is 1. The summed E-state index contributed by atoms with van der Waals surface area (Å²) in [7, 11) is 1.38. The summed E-state index contributed by atoms with van der Waals surface area (Å²) in [5.74, 6) is -0.314. The molecule has 104 valence electrons. The van der Waals surface area contributed by atoms with Gasteiger partial charge in [-0.2, -0.15) is 0 Å². The average Bonchev–Trinajstić information content (AvgIpc) is 2.48. The van der Waals surface area contributed by atoms with Gasteiger partial charge in [-0.3, -0.25) is 0 Å². The molecule has 2 rings (SSSR count). The molecule has 3 nitrogen and oxygen atoms in total. The number of nitrogens with one attached hydrogen (secondary N) is 1. The molecule has 0 aliphatic carbocycles. The van der Waals surface area contributed by atoms with Gasteiger partial charge in [0.15, 0.2) is 0 Å². The Balaban J connectivity index is 2.04. The van der Waals surface area contributed by atoms with E-state index >= 15 is 0 Å². The summed E-state index contributed by atoms with van der Waals surface area (Å²) in [4.78, 5) is 11.3. The molecule has 0 fully saturated rings. The Bertz CT molecular complexity index is 603. The lowest BCUT2D eigenvalue weighted by molar-refractivity contribution is 0.0601. The van der Waals surface area contributed by atoms with Crippen LogP contribution in [0.2, 0.25) is 0 Å². The lowest BCUT2D eigenvalue weighted by Crippen LogP contribution is -2.03. The number of anilines is 1. The summed E-state index contributed by atoms with van der Waals surface area (Å²) in [6.45, 7) is 4.97. The van der Waals surface area contributed by atoms with E-state index in [1.165, 1.54) is 23.8 Å². The van der Waals surface area contributed by atoms with Gasteiger partial charge >= 0.3 is 5.97 Å². The van der Waals surface area contributed by atoms with Crippen LogP contribution in [0.3, 0.4) is 0 Å². The Morgan fingerprint density at radius 1 is 1.10 bits per heavy atom. The van der Waals surface area contributed by atoms with Crippen LogP contribution in [0.25, 0.3) is 0 Å². The van der Waals surface area contributed by atoms with Crippen LogP contribution in [0.15, 0.2) is 42.5 Å². The molecule has 0 aliphatic rings. The zero-order chi connectivity index (χ0) is 14.5. The van der Waals surface area contributed by atoms with Crippen LogP contribution in [-0.2, 0) is 11.3 Å². The standard InChI is InChI=1S/C17H19NO2/c1-12-4-5-13(2)15(10-12)11-18-16-8-6-14(7-9-16)17(19)20-3/h4-10,18H,11H2,1-3H3. The summed E-state index contributed by atoms with van der Waals surface area (Å²) in [6, 6.07) is 13.7. The summed E-state index contributed by atoms with van der Waals surface area (Å²) in [6.07, 6.45) is 0. The van der Waals surface area contributed by atoms with Crippen molar-refractivity contribution in [1.82, 2.24) is 0 Å². The van der Waals surface area contributed by atoms with E-state index in [9.17, 15) is 4.79 Å². The quantitative estimate of drug-likeness (QED) is 0.860. The van der Waals surface area contributed by atoms with Gasteiger partial charge in [0, 0.05) is 12.2 Å². The van der Waals surface area contributed by atoms with Crippen molar-refractivity contribution in [1.29, 1.82) is 0 Å². The summed E-state index contributed by atoms with van der Waals surface area (Å²) < 4.78 is 4.67. The minimum Gasteiger partial charge on any atom is -0.465 e. The molecule has 0 unspecified atom stereocenters. The lowest BCUT2D eigenvalue weighted by atomic mass is 10.1. The van der Waals surface area contributed by atoms with Crippen molar-refractivity contribution in [2.75, 3.05) is 12.4 Å². The van der Waals surface area contributed by atoms with Crippen LogP contribution < -0.4 is 5.32 Å². The highest BCUT2D eigenvalue weighted by Gasteiger charge is 2.04. The highest BCUT2D eigenvalue weighted by atomic mass is 16.5. The van der Waals surface area contributed by atoms with E-state index in [0.29, 0.717) is 5.56 Å². The molecule has 3 heteroatoms. The summed E-state index contributed by atoms with van der Waals surface area (Å²) in [5, 5.41) is 3.36. The zero-order valence-corrected chi connectivity index (χ0v) is 12.1. The predicted octanol–water partition coefficient (Wildman–Crippen LogP) is 3.70. The van der Waals surface area contributed by atoms with Crippen LogP contribution in [0, 0.1) is 13.8 Å². The number of esters is 1. The van der Waals surface area contributed by atoms with Gasteiger partial charge in [-0.15, -0.1) is 0 Å². The van der Waals surface area contributed by atoms with Crippen molar-refractivity contribution in [2.24, 2.45) is 0 Å². The first-order valence-electron chi connectivity index (χ1n) is 6.58. The van der Waals surface area contributed by atoms with Crippen molar-refractivity contribution in [3.63, 3.8) is 0 Å². The maximum atomic E-state index is 11.3. The first-order valence-corrected chi connectivity index (χ1v) is 6.58. The van der Waals surface area contributed by atoms with Gasteiger partial charge in [0.2, 0.25) is 0 Å². The average molecular weight is 269 g/mol. The monoisotopic (exact) mass is 269 g/mol. The van der Waals surface area contributed by atoms with E-state index in [-0.39, 0.29) is 5.97 Å². The van der Waals surface area contributed by atoms with Crippen LogP contribution >= 0.6 is 0 Å². The number of hydrogen-bond acceptors (Lipinski definition) is 3. The minimum absolute atomic E-state index is 0.314. The minimum atomic E-state index is -0.314. The smallest absolute Gasteiger partial charge is 0.337 e. The molecule has 0 heterocycles. The predicted molar refractivity (Wildman–Crippen MR) is 81.0 cm³/mol. The normalized spacial score (nSPS) is 10.2. The maximum Gasteiger partial charge on any atom is 0.337 e. The van der Waals surface area contributed by atoms with E-state index < -0.39 is 0 Å². The van der Waals surface area contributed by atoms with Gasteiger partial charge in [0.05, 0.1) is 12.7 Å². The lowest BCUT2D eigenvalue weighted by Gasteiger charge is -2.10. The molecule has 0 saturated carbocycles. The third kappa shape index (κ3) is 3.38. The number of ether oxygens (including phenoxy) is 1. The molecular formula is C17H19NO2. The Morgan fingerprint density at radius 3 is 2.45 bits per heavy atom. The SMILES string of the molecule is COC(=O)c1ccc(NCc2cc(C)ccc2C)cc1. The molecule has 0 atom stereocenters. The molecule has 0 radical (unpaired) electrons. The van der Waals surface area contributed by atoms with E-state index in [2.05, 4.69) is 42.1 Å². The topological polar surface area (TPSA) is 38.3 Å². The van der Waals surface area contributed by atoms with Gasteiger partial charge in [-0.1, -0.05) is 23.8 Å². The fraction of sp³-hybridized carbons (Fsp3) is 0.235. The number of methoxy groups -OCH3 is 1. The van der Waals surface area contributed by atoms with Crippen molar-refractivity contribution in [2.45, 2.75) is 20.4 Å². The maximum absolute atomic E-state index is 11.3. The highest BCUT2D eigenvalue weighted by molar-refractivity contribution is 5.89. The van der Waals surface area contributed by atoms with Crippen molar-refractivity contribution in [3.8, 4) is 0 Å². The number of benzene rings is 2. The molecule has 0 saturated heterocycles. The number of aryl methyl sites for hydroxylation is 2. The molecule has 0 aromatic heterocycles. The fourth-order valence-electron chi connectivity index (χ4n) is 2.03. The molecular weight excluding hydrogens is 250 g/mol. The highest BCUT2D eigenvalue weighted by Crippen LogP contribution is 2.15. The largest absolute Gasteiger partial charge is 0.465 e. The second-order valence-electron chi connectivity index (χ2n) is 4.85. The zero-order valence-electron chi connectivity index (χ0n) is 12.1. The van der Waals surface area contributed by atoms with Gasteiger partial charge in [0.1, 0.15) is 0 Å². The van der Waals surface area contributed by atoms with Crippen LogP contribution in [-0.4, -0.2) is 13.1 Å². The van der Waals surface area contributed by atoms with E-state index in [4.69, 9.17) is 0 Å². The molecule has 1 N–H and O–H groups in total. The van der Waals surface area contributed by atoms with Crippen LogP contribution in [0.1, 0.15) is 27.0 Å². The fourth-order valence-corrected chi connectivity index (χ4v) is 2.03. The van der Waals surface area contributed by atoms with E-state index in [1.54, 1.807) is 12.1 Å². The van der Waals surface area contributed by atoms with Gasteiger partial charge in [-0.05, 0) is 49.2 Å². The number of rotatable bonds is 4. The molecule has 2 aromatic rings. The Hall–Kier alpha value is -2.29. The third-order valence-corrected chi connectivity index (χ3v) is 3.29. The Kier molecular flexibility index (Phi) is 4.41. The van der Waals surface area contributed by atoms with E-state index in [1.807, 2.05) is 12.1 Å². The van der Waals surface area contributed by atoms with Crippen molar-refractivity contribution >= 4 is 11.7 Å². The van der Waals surface area contributed by atoms with Gasteiger partial charge < -0.3 is 10.1 Å². The third-order valence-electron chi connectivity index (χ3n) is 3.29. The first kappa shape index (κ1) is 14.1. The van der Waals surface area contributed by atoms with E-state index in [0.717, 1.165) is 12.2 Å². The van der Waals surface area contributed by atoms with Crippen molar-refractivity contribution < 1.29 is 9.53 Å². The summed E-state index contributed by atoms with van der Waals surface area (Å²) >= 11 is 0.